The van der Waals surface area contributed by atoms with Gasteiger partial charge in [0, 0.05) is 34.9 Å². The summed E-state index contributed by atoms with van der Waals surface area (Å²) >= 11 is 3.44. The first kappa shape index (κ1) is 22.1. The van der Waals surface area contributed by atoms with Crippen LogP contribution >= 0.6 is 15.9 Å². The lowest BCUT2D eigenvalue weighted by Crippen LogP contribution is -2.58. The Bertz CT molecular complexity index is 1280. The van der Waals surface area contributed by atoms with E-state index in [-0.39, 0.29) is 18.0 Å². The van der Waals surface area contributed by atoms with Gasteiger partial charge in [-0.15, -0.1) is 0 Å². The summed E-state index contributed by atoms with van der Waals surface area (Å²) in [4.78, 5) is 29.7. The van der Waals surface area contributed by atoms with Crippen LogP contribution in [0.4, 0.5) is 11.4 Å². The van der Waals surface area contributed by atoms with Crippen molar-refractivity contribution in [1.82, 2.24) is 14.8 Å². The number of halogens is 1. The fourth-order valence-corrected chi connectivity index (χ4v) is 6.20. The monoisotopic (exact) mass is 509 g/mol. The molecule has 3 aliphatic rings. The molecule has 0 aliphatic heterocycles. The number of rotatable bonds is 5. The molecule has 0 saturated heterocycles. The summed E-state index contributed by atoms with van der Waals surface area (Å²) in [6.45, 7) is 6.88. The Hall–Kier alpha value is -2.74. The second kappa shape index (κ2) is 8.24. The quantitative estimate of drug-likeness (QED) is 0.521. The van der Waals surface area contributed by atoms with Crippen molar-refractivity contribution in [2.24, 2.45) is 23.2 Å². The second-order valence-electron chi connectivity index (χ2n) is 9.99. The van der Waals surface area contributed by atoms with Crippen LogP contribution in [-0.2, 0) is 11.3 Å². The summed E-state index contributed by atoms with van der Waals surface area (Å²) in [5, 5.41) is 12.5. The molecule has 3 saturated carbocycles. The number of anilines is 2. The Labute approximate surface area is 201 Å². The highest BCUT2D eigenvalue weighted by Gasteiger charge is 2.56. The molecular formula is C25H28BrN5O2. The van der Waals surface area contributed by atoms with Gasteiger partial charge in [0.25, 0.3) is 5.56 Å². The van der Waals surface area contributed by atoms with Crippen molar-refractivity contribution in [2.45, 2.75) is 46.2 Å². The number of nitrogens with zero attached hydrogens (tertiary/aromatic N) is 3. The van der Waals surface area contributed by atoms with E-state index in [2.05, 4.69) is 57.4 Å². The smallest absolute Gasteiger partial charge is 0.283 e. The Kier molecular flexibility index (Phi) is 5.51. The SMILES string of the molecule is C[C@H]1[C@H](Nc2cnn(CC(=O)Nc3cccc4cnccc34)c(=O)c2Br)C[C@H]2C[C@@H]1C2(C)C. The molecular weight excluding hydrogens is 482 g/mol. The molecule has 2 N–H and O–H groups in total. The highest BCUT2D eigenvalue weighted by atomic mass is 79.9. The molecule has 8 heteroatoms. The topological polar surface area (TPSA) is 88.9 Å². The molecule has 7 nitrogen and oxygen atoms in total. The van der Waals surface area contributed by atoms with Crippen LogP contribution in [0.25, 0.3) is 10.8 Å². The molecule has 3 fully saturated rings. The summed E-state index contributed by atoms with van der Waals surface area (Å²) < 4.78 is 1.59. The third-order valence-electron chi connectivity index (χ3n) is 7.93. The summed E-state index contributed by atoms with van der Waals surface area (Å²) in [5.74, 6) is 1.64. The van der Waals surface area contributed by atoms with Crippen LogP contribution < -0.4 is 16.2 Å². The molecule has 0 unspecified atom stereocenters. The highest BCUT2D eigenvalue weighted by molar-refractivity contribution is 9.10. The minimum atomic E-state index is -0.328. The van der Waals surface area contributed by atoms with Crippen molar-refractivity contribution in [1.29, 1.82) is 0 Å². The third-order valence-corrected chi connectivity index (χ3v) is 8.69. The molecule has 2 aromatic heterocycles. The van der Waals surface area contributed by atoms with Crippen molar-refractivity contribution in [3.05, 3.63) is 57.7 Å². The minimum absolute atomic E-state index is 0.169. The molecule has 1 aromatic carbocycles. The molecule has 2 bridgehead atoms. The Balaban J connectivity index is 1.29. The van der Waals surface area contributed by atoms with E-state index in [1.54, 1.807) is 18.6 Å². The maximum absolute atomic E-state index is 12.9. The zero-order valence-electron chi connectivity index (χ0n) is 19.0. The summed E-state index contributed by atoms with van der Waals surface area (Å²) in [7, 11) is 0. The molecule has 172 valence electrons. The van der Waals surface area contributed by atoms with Gasteiger partial charge in [-0.25, -0.2) is 4.68 Å². The maximum atomic E-state index is 12.9. The Morgan fingerprint density at radius 3 is 2.79 bits per heavy atom. The first-order valence-electron chi connectivity index (χ1n) is 11.4. The van der Waals surface area contributed by atoms with Gasteiger partial charge in [-0.2, -0.15) is 5.10 Å². The van der Waals surface area contributed by atoms with Gasteiger partial charge in [0.05, 0.1) is 11.9 Å². The van der Waals surface area contributed by atoms with Crippen molar-refractivity contribution < 1.29 is 4.79 Å². The van der Waals surface area contributed by atoms with Crippen LogP contribution in [0.3, 0.4) is 0 Å². The molecule has 1 amide bonds. The van der Waals surface area contributed by atoms with E-state index in [4.69, 9.17) is 0 Å². The number of pyridine rings is 1. The predicted molar refractivity (Wildman–Crippen MR) is 133 cm³/mol. The van der Waals surface area contributed by atoms with E-state index < -0.39 is 0 Å². The van der Waals surface area contributed by atoms with Crippen molar-refractivity contribution in [3.63, 3.8) is 0 Å². The lowest BCUT2D eigenvalue weighted by molar-refractivity contribution is -0.117. The lowest BCUT2D eigenvalue weighted by Gasteiger charge is -2.62. The van der Waals surface area contributed by atoms with Crippen LogP contribution in [0, 0.1) is 23.2 Å². The fraction of sp³-hybridized carbons (Fsp3) is 0.440. The van der Waals surface area contributed by atoms with Gasteiger partial charge in [-0.1, -0.05) is 32.9 Å². The molecule has 4 atom stereocenters. The summed E-state index contributed by atoms with van der Waals surface area (Å²) in [5.41, 5.74) is 1.45. The van der Waals surface area contributed by atoms with E-state index in [1.165, 1.54) is 11.1 Å². The van der Waals surface area contributed by atoms with Gasteiger partial charge >= 0.3 is 0 Å². The number of carbonyl (C=O) groups is 1. The number of nitrogens with one attached hydrogen (secondary N) is 2. The van der Waals surface area contributed by atoms with E-state index in [1.807, 2.05) is 24.3 Å². The van der Waals surface area contributed by atoms with E-state index >= 15 is 0 Å². The lowest BCUT2D eigenvalue weighted by atomic mass is 9.45. The Morgan fingerprint density at radius 2 is 2.03 bits per heavy atom. The van der Waals surface area contributed by atoms with Crippen molar-refractivity contribution in [3.8, 4) is 0 Å². The summed E-state index contributed by atoms with van der Waals surface area (Å²) in [6, 6.07) is 7.79. The molecule has 3 aliphatic carbocycles. The summed E-state index contributed by atoms with van der Waals surface area (Å²) in [6.07, 6.45) is 7.47. The second-order valence-corrected chi connectivity index (χ2v) is 10.8. The van der Waals surface area contributed by atoms with Crippen LogP contribution in [0.2, 0.25) is 0 Å². The van der Waals surface area contributed by atoms with Crippen LogP contribution in [-0.4, -0.2) is 26.7 Å². The number of amides is 1. The van der Waals surface area contributed by atoms with Crippen LogP contribution in [0.15, 0.2) is 52.1 Å². The zero-order chi connectivity index (χ0) is 23.3. The normalized spacial score (nSPS) is 25.3. The average molecular weight is 510 g/mol. The van der Waals surface area contributed by atoms with Crippen LogP contribution in [0.1, 0.15) is 33.6 Å². The fourth-order valence-electron chi connectivity index (χ4n) is 5.78. The first-order valence-corrected chi connectivity index (χ1v) is 12.2. The van der Waals surface area contributed by atoms with Gasteiger partial charge in [0.2, 0.25) is 5.91 Å². The van der Waals surface area contributed by atoms with Crippen LogP contribution in [0.5, 0.6) is 0 Å². The van der Waals surface area contributed by atoms with Gasteiger partial charge in [-0.05, 0) is 64.1 Å². The largest absolute Gasteiger partial charge is 0.380 e. The van der Waals surface area contributed by atoms with Gasteiger partial charge in [-0.3, -0.25) is 14.6 Å². The van der Waals surface area contributed by atoms with E-state index in [0.717, 1.165) is 23.1 Å². The highest BCUT2D eigenvalue weighted by Crippen LogP contribution is 2.61. The number of benzene rings is 1. The molecule has 3 aromatic rings. The van der Waals surface area contributed by atoms with Crippen molar-refractivity contribution in [2.75, 3.05) is 10.6 Å². The van der Waals surface area contributed by atoms with Gasteiger partial charge in [0.1, 0.15) is 11.0 Å². The Morgan fingerprint density at radius 1 is 1.21 bits per heavy atom. The molecule has 33 heavy (non-hydrogen) atoms. The van der Waals surface area contributed by atoms with E-state index in [9.17, 15) is 9.59 Å². The van der Waals surface area contributed by atoms with Gasteiger partial charge < -0.3 is 10.6 Å². The molecule has 6 rings (SSSR count). The average Bonchev–Trinajstić information content (AvgIpc) is 2.79. The number of carbonyl (C=O) groups excluding carboxylic acids is 1. The number of fused-ring (bicyclic) bond motifs is 3. The number of hydrogen-bond acceptors (Lipinski definition) is 5. The number of hydrogen-bond donors (Lipinski definition) is 2. The van der Waals surface area contributed by atoms with Crippen molar-refractivity contribution >= 4 is 44.0 Å². The third kappa shape index (κ3) is 3.84. The molecule has 2 heterocycles. The maximum Gasteiger partial charge on any atom is 0.283 e. The first-order chi connectivity index (χ1) is 15.8. The molecule has 0 radical (unpaired) electrons. The number of aromatic nitrogens is 3. The van der Waals surface area contributed by atoms with Gasteiger partial charge in [0.15, 0.2) is 0 Å². The van der Waals surface area contributed by atoms with E-state index in [0.29, 0.717) is 39.1 Å². The standard InChI is InChI=1S/C25H28BrN5O2/c1-14-18-9-16(25(18,2)3)10-20(14)29-21-12-28-31(24(33)23(21)26)13-22(32)30-19-6-4-5-15-11-27-8-7-17(15)19/h4-8,11-12,14,16,18,20,29H,9-10,13H2,1-3H3,(H,30,32)/t14-,16-,18+,20-/m1/s1. The molecule has 0 spiro atoms. The predicted octanol–water partition coefficient (Wildman–Crippen LogP) is 4.68. The minimum Gasteiger partial charge on any atom is -0.380 e. The zero-order valence-corrected chi connectivity index (χ0v) is 20.6.